The van der Waals surface area contributed by atoms with Crippen LogP contribution in [-0.2, 0) is 21.5 Å². The number of nitrogens with zero attached hydrogens (tertiary/aromatic N) is 1. The Morgan fingerprint density at radius 3 is 1.95 bits per heavy atom. The highest BCUT2D eigenvalue weighted by Crippen LogP contribution is 2.43. The molecule has 0 aliphatic carbocycles. The Bertz CT molecular complexity index is 1380. The third kappa shape index (κ3) is 5.52. The Morgan fingerprint density at radius 1 is 0.810 bits per heavy atom. The molecule has 6 heteroatoms. The lowest BCUT2D eigenvalue weighted by molar-refractivity contribution is -0.122. The van der Waals surface area contributed by atoms with Crippen molar-refractivity contribution in [3.63, 3.8) is 0 Å². The SMILES string of the molecule is CCCCCCOCN1C(=O)[C@@H](NC(c2ccccc2)(c2ccccc2)c2ccccc2)Cc2cc3c(cc21)OCO3. The molecule has 0 unspecified atom stereocenters. The van der Waals surface area contributed by atoms with Gasteiger partial charge in [0.15, 0.2) is 11.5 Å². The predicted molar refractivity (Wildman–Crippen MR) is 165 cm³/mol. The monoisotopic (exact) mass is 562 g/mol. The van der Waals surface area contributed by atoms with Crippen molar-refractivity contribution < 1.29 is 19.0 Å². The molecule has 2 aliphatic rings. The molecule has 1 N–H and O–H groups in total. The first-order valence-electron chi connectivity index (χ1n) is 15.0. The molecule has 6 nitrogen and oxygen atoms in total. The molecule has 0 aromatic heterocycles. The maximum Gasteiger partial charge on any atom is 0.246 e. The van der Waals surface area contributed by atoms with Gasteiger partial charge in [-0.3, -0.25) is 15.0 Å². The lowest BCUT2D eigenvalue weighted by atomic mass is 9.76. The van der Waals surface area contributed by atoms with Gasteiger partial charge in [0.25, 0.3) is 0 Å². The molecule has 0 fully saturated rings. The predicted octanol–water partition coefficient (Wildman–Crippen LogP) is 6.81. The molecular formula is C36H38N2O4. The van der Waals surface area contributed by atoms with Gasteiger partial charge < -0.3 is 14.2 Å². The summed E-state index contributed by atoms with van der Waals surface area (Å²) in [6.07, 6.45) is 4.96. The maximum atomic E-state index is 14.4. The zero-order valence-electron chi connectivity index (χ0n) is 24.1. The van der Waals surface area contributed by atoms with E-state index in [1.165, 1.54) is 12.8 Å². The van der Waals surface area contributed by atoms with E-state index in [1.54, 1.807) is 4.90 Å². The topological polar surface area (TPSA) is 60.0 Å². The molecule has 0 saturated carbocycles. The lowest BCUT2D eigenvalue weighted by Gasteiger charge is -2.43. The molecule has 0 spiro atoms. The van der Waals surface area contributed by atoms with E-state index < -0.39 is 11.6 Å². The molecule has 4 aromatic rings. The van der Waals surface area contributed by atoms with Crippen LogP contribution in [0.3, 0.4) is 0 Å². The van der Waals surface area contributed by atoms with Gasteiger partial charge in [-0.2, -0.15) is 0 Å². The van der Waals surface area contributed by atoms with Crippen molar-refractivity contribution in [3.8, 4) is 11.5 Å². The second-order valence-electron chi connectivity index (χ2n) is 10.9. The summed E-state index contributed by atoms with van der Waals surface area (Å²) in [6, 6.07) is 34.6. The van der Waals surface area contributed by atoms with Gasteiger partial charge >= 0.3 is 0 Å². The summed E-state index contributed by atoms with van der Waals surface area (Å²) in [6.45, 7) is 3.18. The van der Waals surface area contributed by atoms with E-state index >= 15 is 0 Å². The minimum Gasteiger partial charge on any atom is -0.454 e. The van der Waals surface area contributed by atoms with Crippen molar-refractivity contribution in [1.82, 2.24) is 5.32 Å². The largest absolute Gasteiger partial charge is 0.454 e. The third-order valence-corrected chi connectivity index (χ3v) is 8.23. The number of ether oxygens (including phenoxy) is 3. The fourth-order valence-corrected chi connectivity index (χ4v) is 6.11. The van der Waals surface area contributed by atoms with E-state index in [4.69, 9.17) is 14.2 Å². The van der Waals surface area contributed by atoms with Gasteiger partial charge in [-0.25, -0.2) is 0 Å². The van der Waals surface area contributed by atoms with E-state index in [9.17, 15) is 4.79 Å². The van der Waals surface area contributed by atoms with Gasteiger partial charge in [0.05, 0.1) is 17.3 Å². The molecule has 2 heterocycles. The number of benzene rings is 4. The van der Waals surface area contributed by atoms with Gasteiger partial charge in [0.2, 0.25) is 12.7 Å². The van der Waals surface area contributed by atoms with Gasteiger partial charge in [-0.15, -0.1) is 0 Å². The molecule has 0 bridgehead atoms. The highest BCUT2D eigenvalue weighted by molar-refractivity contribution is 6.00. The summed E-state index contributed by atoms with van der Waals surface area (Å²) in [5.74, 6) is 1.35. The van der Waals surface area contributed by atoms with Crippen molar-refractivity contribution >= 4 is 11.6 Å². The van der Waals surface area contributed by atoms with Gasteiger partial charge in [0.1, 0.15) is 6.73 Å². The first-order chi connectivity index (χ1) is 20.7. The zero-order chi connectivity index (χ0) is 28.8. The number of hydrogen-bond donors (Lipinski definition) is 1. The van der Waals surface area contributed by atoms with Crippen LogP contribution < -0.4 is 19.7 Å². The van der Waals surface area contributed by atoms with Crippen molar-refractivity contribution in [1.29, 1.82) is 0 Å². The summed E-state index contributed by atoms with van der Waals surface area (Å²) < 4.78 is 17.5. The number of hydrogen-bond acceptors (Lipinski definition) is 5. The normalized spacial score (nSPS) is 16.0. The van der Waals surface area contributed by atoms with Crippen molar-refractivity contribution in [3.05, 3.63) is 125 Å². The number of anilines is 1. The van der Waals surface area contributed by atoms with E-state index in [-0.39, 0.29) is 19.4 Å². The summed E-state index contributed by atoms with van der Waals surface area (Å²) in [4.78, 5) is 16.2. The van der Waals surface area contributed by atoms with E-state index in [2.05, 4.69) is 85.0 Å². The molecule has 0 saturated heterocycles. The summed E-state index contributed by atoms with van der Waals surface area (Å²) in [5.41, 5.74) is 4.25. The minimum absolute atomic E-state index is 0.0258. The molecule has 42 heavy (non-hydrogen) atoms. The number of carbonyl (C=O) groups is 1. The summed E-state index contributed by atoms with van der Waals surface area (Å²) in [7, 11) is 0. The second-order valence-corrected chi connectivity index (χ2v) is 10.9. The molecule has 6 rings (SSSR count). The Kier molecular flexibility index (Phi) is 8.54. The first kappa shape index (κ1) is 28.0. The number of fused-ring (bicyclic) bond motifs is 2. The van der Waals surface area contributed by atoms with E-state index in [0.717, 1.165) is 40.8 Å². The summed E-state index contributed by atoms with van der Waals surface area (Å²) in [5, 5.41) is 3.91. The Balaban J connectivity index is 1.41. The van der Waals surface area contributed by atoms with Crippen molar-refractivity contribution in [2.24, 2.45) is 0 Å². The Morgan fingerprint density at radius 2 is 1.38 bits per heavy atom. The van der Waals surface area contributed by atoms with E-state index in [0.29, 0.717) is 24.5 Å². The maximum absolute atomic E-state index is 14.4. The van der Waals surface area contributed by atoms with Crippen LogP contribution in [0.5, 0.6) is 11.5 Å². The number of nitrogens with one attached hydrogen (secondary N) is 1. The lowest BCUT2D eigenvalue weighted by Crippen LogP contribution is -2.58. The van der Waals surface area contributed by atoms with Gasteiger partial charge in [0, 0.05) is 12.7 Å². The van der Waals surface area contributed by atoms with Crippen LogP contribution in [0, 0.1) is 0 Å². The summed E-state index contributed by atoms with van der Waals surface area (Å²) >= 11 is 0. The number of unbranched alkanes of at least 4 members (excludes halogenated alkanes) is 3. The highest BCUT2D eigenvalue weighted by Gasteiger charge is 2.43. The van der Waals surface area contributed by atoms with Crippen LogP contribution in [0.1, 0.15) is 54.9 Å². The quantitative estimate of drug-likeness (QED) is 0.152. The van der Waals surface area contributed by atoms with Gasteiger partial charge in [-0.05, 0) is 41.2 Å². The number of rotatable bonds is 12. The molecular weight excluding hydrogens is 524 g/mol. The molecule has 216 valence electrons. The minimum atomic E-state index is -0.773. The van der Waals surface area contributed by atoms with Crippen LogP contribution in [0.15, 0.2) is 103 Å². The standard InChI is InChI=1S/C36H38N2O4/c1-2-3-4-14-21-40-25-38-32-24-34-33(41-26-42-34)23-27(32)22-31(35(38)39)37-36(28-15-8-5-9-16-28,29-17-10-6-11-18-29)30-19-12-7-13-20-30/h5-13,15-20,23-24,31,37H,2-4,14,21-22,25-26H2,1H3/t31-/m0/s1. The molecule has 4 aromatic carbocycles. The Hall–Kier alpha value is -4.13. The zero-order valence-corrected chi connectivity index (χ0v) is 24.1. The van der Waals surface area contributed by atoms with Gasteiger partial charge in [-0.1, -0.05) is 117 Å². The Labute approximate surface area is 248 Å². The van der Waals surface area contributed by atoms with Crippen LogP contribution in [-0.4, -0.2) is 32.1 Å². The molecule has 2 aliphatic heterocycles. The molecule has 1 amide bonds. The third-order valence-electron chi connectivity index (χ3n) is 8.23. The van der Waals surface area contributed by atoms with Crippen molar-refractivity contribution in [2.75, 3.05) is 25.0 Å². The molecule has 1 atom stereocenters. The fraction of sp³-hybridized carbons (Fsp3) is 0.306. The van der Waals surface area contributed by atoms with Crippen molar-refractivity contribution in [2.45, 2.75) is 50.6 Å². The smallest absolute Gasteiger partial charge is 0.246 e. The van der Waals surface area contributed by atoms with Crippen LogP contribution in [0.4, 0.5) is 5.69 Å². The average Bonchev–Trinajstić information content (AvgIpc) is 3.50. The second kappa shape index (κ2) is 12.8. The number of amides is 1. The van der Waals surface area contributed by atoms with Crippen LogP contribution in [0.25, 0.3) is 0 Å². The fourth-order valence-electron chi connectivity index (χ4n) is 6.11. The first-order valence-corrected chi connectivity index (χ1v) is 15.0. The van der Waals surface area contributed by atoms with E-state index in [1.807, 2.05) is 30.3 Å². The average molecular weight is 563 g/mol. The van der Waals surface area contributed by atoms with Crippen LogP contribution >= 0.6 is 0 Å². The molecule has 0 radical (unpaired) electrons. The number of carbonyl (C=O) groups excluding carboxylic acids is 1. The highest BCUT2D eigenvalue weighted by atomic mass is 16.7. The van der Waals surface area contributed by atoms with Crippen LogP contribution in [0.2, 0.25) is 0 Å².